The molecule has 0 unspecified atom stereocenters. The third-order valence-corrected chi connectivity index (χ3v) is 11.0. The lowest BCUT2D eigenvalue weighted by Gasteiger charge is -2.36. The van der Waals surface area contributed by atoms with Crippen LogP contribution in [0, 0.1) is 6.92 Å². The maximum atomic E-state index is 14.3. The fourth-order valence-corrected chi connectivity index (χ4v) is 8.34. The van der Waals surface area contributed by atoms with Gasteiger partial charge in [0.15, 0.2) is 0 Å². The predicted molar refractivity (Wildman–Crippen MR) is 209 cm³/mol. The van der Waals surface area contributed by atoms with Crippen LogP contribution in [0.1, 0.15) is 27.9 Å². The molecule has 2 amide bonds. The molecule has 7 rings (SSSR count). The second-order valence-electron chi connectivity index (χ2n) is 12.6. The third kappa shape index (κ3) is 7.12. The average Bonchev–Trinajstić information content (AvgIpc) is 3.48. The number of H-pyrrole nitrogens is 1. The number of hydrogen-bond donors (Lipinski definition) is 3. The first-order valence-electron chi connectivity index (χ1n) is 17.0. The number of aryl methyl sites for hydroxylation is 1. The Bertz CT molecular complexity index is 2190. The van der Waals surface area contributed by atoms with Gasteiger partial charge in [-0.2, -0.15) is 0 Å². The van der Waals surface area contributed by atoms with Crippen molar-refractivity contribution in [1.82, 2.24) is 10.3 Å². The van der Waals surface area contributed by atoms with Crippen LogP contribution in [0.25, 0.3) is 21.7 Å². The van der Waals surface area contributed by atoms with Gasteiger partial charge in [0, 0.05) is 28.0 Å². The van der Waals surface area contributed by atoms with Crippen LogP contribution in [0.15, 0.2) is 152 Å². The Morgan fingerprint density at radius 1 is 0.725 bits per heavy atom. The minimum Gasteiger partial charge on any atom is -0.497 e. The summed E-state index contributed by atoms with van der Waals surface area (Å²) in [5.41, 5.74) is 6.60. The Kier molecular flexibility index (Phi) is 9.90. The molecule has 0 radical (unpaired) electrons. The quantitative estimate of drug-likeness (QED) is 0.112. The van der Waals surface area contributed by atoms with Crippen LogP contribution in [-0.4, -0.2) is 35.7 Å². The summed E-state index contributed by atoms with van der Waals surface area (Å²) in [5, 5.41) is 9.29. The van der Waals surface area contributed by atoms with E-state index < -0.39 is 10.8 Å². The number of anilines is 1. The first-order chi connectivity index (χ1) is 24.9. The van der Waals surface area contributed by atoms with Gasteiger partial charge in [0.1, 0.15) is 11.8 Å². The Balaban J connectivity index is 1.25. The molecule has 6 aromatic carbocycles. The van der Waals surface area contributed by atoms with E-state index in [2.05, 4.69) is 52.0 Å². The number of thioether (sulfide) groups is 1. The summed E-state index contributed by atoms with van der Waals surface area (Å²) in [4.78, 5) is 31.7. The number of amides is 2. The minimum absolute atomic E-state index is 0.102. The Morgan fingerprint density at radius 2 is 1.31 bits per heavy atom. The Labute approximate surface area is 302 Å². The lowest BCUT2D eigenvalue weighted by Crippen LogP contribution is -2.47. The highest BCUT2D eigenvalue weighted by atomic mass is 32.2. The van der Waals surface area contributed by atoms with Gasteiger partial charge in [-0.25, -0.2) is 0 Å². The van der Waals surface area contributed by atoms with Gasteiger partial charge < -0.3 is 20.4 Å². The number of carbonyl (C=O) groups excluding carboxylic acids is 2. The van der Waals surface area contributed by atoms with E-state index in [1.54, 1.807) is 18.9 Å². The smallest absolute Gasteiger partial charge is 0.247 e. The number of fused-ring (bicyclic) bond motifs is 2. The highest BCUT2D eigenvalue weighted by molar-refractivity contribution is 8.00. The van der Waals surface area contributed by atoms with Crippen molar-refractivity contribution in [3.05, 3.63) is 180 Å². The molecule has 1 aromatic heterocycles. The van der Waals surface area contributed by atoms with Crippen molar-refractivity contribution >= 4 is 50.9 Å². The molecule has 1 atom stereocenters. The second-order valence-corrected chi connectivity index (χ2v) is 13.8. The molecule has 0 spiro atoms. The van der Waals surface area contributed by atoms with Gasteiger partial charge in [-0.1, -0.05) is 121 Å². The van der Waals surface area contributed by atoms with Crippen LogP contribution < -0.4 is 15.4 Å². The summed E-state index contributed by atoms with van der Waals surface area (Å²) in [6, 6.07) is 49.9. The fraction of sp³-hybridized carbons (Fsp3) is 0.136. The zero-order valence-corrected chi connectivity index (χ0v) is 29.4. The molecule has 0 saturated carbocycles. The van der Waals surface area contributed by atoms with Crippen LogP contribution in [0.4, 0.5) is 5.69 Å². The summed E-state index contributed by atoms with van der Waals surface area (Å²) in [6.45, 7) is 1.96. The van der Waals surface area contributed by atoms with Crippen molar-refractivity contribution in [2.75, 3.05) is 18.2 Å². The largest absolute Gasteiger partial charge is 0.497 e. The van der Waals surface area contributed by atoms with E-state index >= 15 is 0 Å². The van der Waals surface area contributed by atoms with E-state index in [-0.39, 0.29) is 18.2 Å². The van der Waals surface area contributed by atoms with Gasteiger partial charge in [-0.15, -0.1) is 11.8 Å². The van der Waals surface area contributed by atoms with E-state index in [0.717, 1.165) is 49.6 Å². The summed E-state index contributed by atoms with van der Waals surface area (Å²) < 4.78 is 4.81. The maximum Gasteiger partial charge on any atom is 0.247 e. The first-order valence-corrected chi connectivity index (χ1v) is 18.0. The Morgan fingerprint density at radius 3 is 1.92 bits per heavy atom. The standard InChI is InChI=1S/C44H39N3O3S/c1-30-38(39-27-37(50-2)24-25-40(39)45-30)28-42(48)47-41(43(49)46-36-23-22-31-14-12-13-15-32(31)26-36)29-51-44(33-16-6-3-7-17-33,34-18-8-4-9-19-34)35-20-10-5-11-21-35/h3-27,41,45H,28-29H2,1-2H3,(H,46,49)(H,47,48)/t41-/m0/s1. The SMILES string of the molecule is COc1ccc2[nH]c(C)c(CC(=O)N[C@@H](CSC(c3ccccc3)(c3ccccc3)c3ccccc3)C(=O)Nc3ccc4ccccc4c3)c2c1. The topological polar surface area (TPSA) is 83.2 Å². The number of hydrogen-bond acceptors (Lipinski definition) is 4. The van der Waals surface area contributed by atoms with Crippen LogP contribution >= 0.6 is 11.8 Å². The van der Waals surface area contributed by atoms with Crippen LogP contribution in [0.3, 0.4) is 0 Å². The molecule has 51 heavy (non-hydrogen) atoms. The number of rotatable bonds is 12. The molecule has 7 heteroatoms. The fourth-order valence-electron chi connectivity index (χ4n) is 6.78. The molecule has 1 heterocycles. The highest BCUT2D eigenvalue weighted by Crippen LogP contribution is 2.48. The van der Waals surface area contributed by atoms with Crippen molar-refractivity contribution in [2.24, 2.45) is 0 Å². The number of methoxy groups -OCH3 is 1. The van der Waals surface area contributed by atoms with Crippen molar-refractivity contribution in [1.29, 1.82) is 0 Å². The van der Waals surface area contributed by atoms with Crippen molar-refractivity contribution < 1.29 is 14.3 Å². The number of benzene rings is 6. The van der Waals surface area contributed by atoms with Crippen molar-refractivity contribution in [2.45, 2.75) is 24.1 Å². The minimum atomic E-state index is -0.857. The summed E-state index contributed by atoms with van der Waals surface area (Å²) in [7, 11) is 1.63. The van der Waals surface area contributed by atoms with Crippen molar-refractivity contribution in [3.63, 3.8) is 0 Å². The zero-order valence-electron chi connectivity index (χ0n) is 28.6. The molecule has 6 nitrogen and oxygen atoms in total. The van der Waals surface area contributed by atoms with Crippen LogP contribution in [-0.2, 0) is 20.8 Å². The van der Waals surface area contributed by atoms with E-state index in [9.17, 15) is 9.59 Å². The normalized spacial score (nSPS) is 12.0. The number of carbonyl (C=O) groups is 2. The lowest BCUT2D eigenvalue weighted by molar-refractivity contribution is -0.125. The molecule has 7 aromatic rings. The second kappa shape index (κ2) is 15.0. The first kappa shape index (κ1) is 33.7. The molecule has 0 fully saturated rings. The van der Waals surface area contributed by atoms with Gasteiger partial charge in [-0.05, 0) is 70.3 Å². The summed E-state index contributed by atoms with van der Waals surface area (Å²) in [6.07, 6.45) is 0.102. The number of ether oxygens (including phenoxy) is 1. The molecule has 0 aliphatic rings. The third-order valence-electron chi connectivity index (χ3n) is 9.34. The Hall–Kier alpha value is -5.79. The molecule has 0 aliphatic carbocycles. The molecular weight excluding hydrogens is 651 g/mol. The molecular formula is C44H39N3O3S. The van der Waals surface area contributed by atoms with E-state index in [4.69, 9.17) is 4.74 Å². The van der Waals surface area contributed by atoms with E-state index in [1.165, 1.54) is 0 Å². The molecule has 3 N–H and O–H groups in total. The lowest BCUT2D eigenvalue weighted by atomic mass is 9.84. The van der Waals surface area contributed by atoms with Gasteiger partial charge in [-0.3, -0.25) is 9.59 Å². The molecule has 0 bridgehead atoms. The van der Waals surface area contributed by atoms with Crippen LogP contribution in [0.5, 0.6) is 5.75 Å². The van der Waals surface area contributed by atoms with Crippen LogP contribution in [0.2, 0.25) is 0 Å². The van der Waals surface area contributed by atoms with Crippen molar-refractivity contribution in [3.8, 4) is 5.75 Å². The maximum absolute atomic E-state index is 14.3. The number of nitrogens with one attached hydrogen (secondary N) is 3. The average molecular weight is 690 g/mol. The van der Waals surface area contributed by atoms with E-state index in [0.29, 0.717) is 17.2 Å². The highest BCUT2D eigenvalue weighted by Gasteiger charge is 2.38. The zero-order chi connectivity index (χ0) is 35.2. The monoisotopic (exact) mass is 689 g/mol. The van der Waals surface area contributed by atoms with Gasteiger partial charge in [0.25, 0.3) is 0 Å². The van der Waals surface area contributed by atoms with Gasteiger partial charge in [0.05, 0.1) is 18.3 Å². The molecule has 0 aliphatic heterocycles. The number of aromatic amines is 1. The molecule has 254 valence electrons. The summed E-state index contributed by atoms with van der Waals surface area (Å²) in [5.74, 6) is 0.480. The molecule has 0 saturated heterocycles. The van der Waals surface area contributed by atoms with E-state index in [1.807, 2.05) is 122 Å². The van der Waals surface area contributed by atoms with Gasteiger partial charge in [0.2, 0.25) is 11.8 Å². The van der Waals surface area contributed by atoms with Gasteiger partial charge >= 0.3 is 0 Å². The summed E-state index contributed by atoms with van der Waals surface area (Å²) >= 11 is 1.64. The predicted octanol–water partition coefficient (Wildman–Crippen LogP) is 9.03. The number of aromatic nitrogens is 1.